The van der Waals surface area contributed by atoms with E-state index in [0.29, 0.717) is 17.0 Å². The van der Waals surface area contributed by atoms with Gasteiger partial charge in [0.15, 0.2) is 0 Å². The fourth-order valence-electron chi connectivity index (χ4n) is 1.92. The number of rotatable bonds is 6. The Labute approximate surface area is 140 Å². The second-order valence-electron chi connectivity index (χ2n) is 5.26. The maximum atomic E-state index is 12.0. The van der Waals surface area contributed by atoms with E-state index in [-0.39, 0.29) is 18.3 Å². The van der Waals surface area contributed by atoms with Crippen molar-refractivity contribution in [2.45, 2.75) is 13.3 Å². The zero-order chi connectivity index (χ0) is 17.5. The molecule has 5 nitrogen and oxygen atoms in total. The van der Waals surface area contributed by atoms with Gasteiger partial charge in [-0.2, -0.15) is 0 Å². The van der Waals surface area contributed by atoms with Crippen LogP contribution in [0.1, 0.15) is 12.5 Å². The molecule has 2 aromatic rings. The normalized spacial score (nSPS) is 9.92. The summed E-state index contributed by atoms with van der Waals surface area (Å²) in [6, 6.07) is 13.8. The number of hydrogen-bond donors (Lipinski definition) is 1. The minimum absolute atomic E-state index is 0.165. The number of amides is 1. The molecule has 0 unspecified atom stereocenters. The van der Waals surface area contributed by atoms with Gasteiger partial charge in [-0.05, 0) is 48.9 Å². The van der Waals surface area contributed by atoms with Crippen molar-refractivity contribution < 1.29 is 19.1 Å². The van der Waals surface area contributed by atoms with Crippen LogP contribution in [0.2, 0.25) is 0 Å². The SMILES string of the molecule is C=C(C)C(=O)Nc1ccc(OC(=O)Cc2ccc(OC)cc2)cc1. The van der Waals surface area contributed by atoms with Crippen molar-refractivity contribution in [1.29, 1.82) is 0 Å². The predicted molar refractivity (Wildman–Crippen MR) is 92.2 cm³/mol. The van der Waals surface area contributed by atoms with Crippen molar-refractivity contribution in [3.63, 3.8) is 0 Å². The first-order valence-electron chi connectivity index (χ1n) is 7.38. The molecule has 1 amide bonds. The van der Waals surface area contributed by atoms with E-state index in [9.17, 15) is 9.59 Å². The Morgan fingerprint density at radius 1 is 1.00 bits per heavy atom. The molecule has 24 heavy (non-hydrogen) atoms. The quantitative estimate of drug-likeness (QED) is 0.502. The number of carbonyl (C=O) groups excluding carboxylic acids is 2. The summed E-state index contributed by atoms with van der Waals surface area (Å²) in [5, 5.41) is 2.68. The van der Waals surface area contributed by atoms with Gasteiger partial charge in [0.2, 0.25) is 0 Å². The molecule has 0 saturated heterocycles. The van der Waals surface area contributed by atoms with E-state index in [1.54, 1.807) is 50.4 Å². The highest BCUT2D eigenvalue weighted by Crippen LogP contribution is 2.17. The van der Waals surface area contributed by atoms with E-state index in [1.807, 2.05) is 12.1 Å². The van der Waals surface area contributed by atoms with Gasteiger partial charge in [0, 0.05) is 11.3 Å². The first-order valence-corrected chi connectivity index (χ1v) is 7.38. The van der Waals surface area contributed by atoms with Crippen LogP contribution in [0.15, 0.2) is 60.7 Å². The van der Waals surface area contributed by atoms with E-state index in [0.717, 1.165) is 11.3 Å². The number of esters is 1. The highest BCUT2D eigenvalue weighted by Gasteiger charge is 2.08. The third-order valence-corrected chi connectivity index (χ3v) is 3.24. The Hall–Kier alpha value is -3.08. The molecule has 0 bridgehead atoms. The average molecular weight is 325 g/mol. The number of nitrogens with one attached hydrogen (secondary N) is 1. The Morgan fingerprint density at radius 2 is 1.58 bits per heavy atom. The van der Waals surface area contributed by atoms with Crippen LogP contribution >= 0.6 is 0 Å². The molecule has 0 spiro atoms. The molecule has 0 saturated carbocycles. The summed E-state index contributed by atoms with van der Waals surface area (Å²) in [6.07, 6.45) is 0.165. The molecular weight excluding hydrogens is 306 g/mol. The van der Waals surface area contributed by atoms with Crippen molar-refractivity contribution in [2.75, 3.05) is 12.4 Å². The molecule has 0 fully saturated rings. The van der Waals surface area contributed by atoms with Crippen molar-refractivity contribution in [3.8, 4) is 11.5 Å². The van der Waals surface area contributed by atoms with E-state index in [4.69, 9.17) is 9.47 Å². The number of ether oxygens (including phenoxy) is 2. The largest absolute Gasteiger partial charge is 0.497 e. The molecule has 124 valence electrons. The van der Waals surface area contributed by atoms with Crippen LogP contribution in [0, 0.1) is 0 Å². The molecule has 5 heteroatoms. The zero-order valence-electron chi connectivity index (χ0n) is 13.7. The van der Waals surface area contributed by atoms with Gasteiger partial charge in [0.05, 0.1) is 13.5 Å². The van der Waals surface area contributed by atoms with Crippen LogP contribution in [-0.4, -0.2) is 19.0 Å². The Bertz CT molecular complexity index is 733. The third-order valence-electron chi connectivity index (χ3n) is 3.24. The number of hydrogen-bond acceptors (Lipinski definition) is 4. The molecule has 0 aromatic heterocycles. The molecule has 1 N–H and O–H groups in total. The van der Waals surface area contributed by atoms with E-state index in [1.165, 1.54) is 0 Å². The summed E-state index contributed by atoms with van der Waals surface area (Å²) in [5.41, 5.74) is 1.87. The minimum atomic E-state index is -0.362. The maximum absolute atomic E-state index is 12.0. The molecule has 0 aliphatic rings. The lowest BCUT2D eigenvalue weighted by molar-refractivity contribution is -0.133. The summed E-state index contributed by atoms with van der Waals surface area (Å²) in [7, 11) is 1.59. The van der Waals surface area contributed by atoms with Crippen molar-refractivity contribution in [3.05, 3.63) is 66.2 Å². The Morgan fingerprint density at radius 3 is 2.12 bits per heavy atom. The molecule has 2 aromatic carbocycles. The maximum Gasteiger partial charge on any atom is 0.315 e. The molecule has 0 radical (unpaired) electrons. The van der Waals surface area contributed by atoms with E-state index >= 15 is 0 Å². The second-order valence-corrected chi connectivity index (χ2v) is 5.26. The van der Waals surface area contributed by atoms with Gasteiger partial charge in [0.1, 0.15) is 11.5 Å². The molecule has 0 atom stereocenters. The van der Waals surface area contributed by atoms with Gasteiger partial charge in [-0.15, -0.1) is 0 Å². The zero-order valence-corrected chi connectivity index (χ0v) is 13.7. The fourth-order valence-corrected chi connectivity index (χ4v) is 1.92. The number of benzene rings is 2. The first kappa shape index (κ1) is 17.3. The monoisotopic (exact) mass is 325 g/mol. The first-order chi connectivity index (χ1) is 11.5. The molecule has 0 aliphatic heterocycles. The van der Waals surface area contributed by atoms with Gasteiger partial charge in [-0.25, -0.2) is 0 Å². The molecule has 2 rings (SSSR count). The van der Waals surface area contributed by atoms with Crippen LogP contribution in [0.4, 0.5) is 5.69 Å². The van der Waals surface area contributed by atoms with Crippen LogP contribution in [0.25, 0.3) is 0 Å². The van der Waals surface area contributed by atoms with Crippen molar-refractivity contribution >= 4 is 17.6 Å². The lowest BCUT2D eigenvalue weighted by Gasteiger charge is -2.07. The van der Waals surface area contributed by atoms with Crippen LogP contribution < -0.4 is 14.8 Å². The number of carbonyl (C=O) groups is 2. The van der Waals surface area contributed by atoms with Crippen molar-refractivity contribution in [2.24, 2.45) is 0 Å². The van der Waals surface area contributed by atoms with E-state index < -0.39 is 0 Å². The van der Waals surface area contributed by atoms with Gasteiger partial charge < -0.3 is 14.8 Å². The predicted octanol–water partition coefficient (Wildman–Crippen LogP) is 3.36. The third kappa shape index (κ3) is 4.98. The summed E-state index contributed by atoms with van der Waals surface area (Å²) in [5.74, 6) is 0.541. The van der Waals surface area contributed by atoms with Gasteiger partial charge in [-0.1, -0.05) is 18.7 Å². The van der Waals surface area contributed by atoms with Gasteiger partial charge in [0.25, 0.3) is 5.91 Å². The summed E-state index contributed by atoms with van der Waals surface area (Å²) in [4.78, 5) is 23.5. The highest BCUT2D eigenvalue weighted by molar-refractivity contribution is 6.02. The standard InChI is InChI=1S/C19H19NO4/c1-13(2)19(22)20-15-6-10-17(11-7-15)24-18(21)12-14-4-8-16(23-3)9-5-14/h4-11H,1,12H2,2-3H3,(H,20,22). The summed E-state index contributed by atoms with van der Waals surface area (Å²) < 4.78 is 10.4. The van der Waals surface area contributed by atoms with Crippen LogP contribution in [-0.2, 0) is 16.0 Å². The lowest BCUT2D eigenvalue weighted by Crippen LogP contribution is -2.12. The summed E-state index contributed by atoms with van der Waals surface area (Å²) in [6.45, 7) is 5.20. The van der Waals surface area contributed by atoms with E-state index in [2.05, 4.69) is 11.9 Å². The highest BCUT2D eigenvalue weighted by atomic mass is 16.5. The molecule has 0 aliphatic carbocycles. The van der Waals surface area contributed by atoms with Gasteiger partial charge in [-0.3, -0.25) is 9.59 Å². The molecule has 0 heterocycles. The average Bonchev–Trinajstić information content (AvgIpc) is 2.57. The number of anilines is 1. The fraction of sp³-hybridized carbons (Fsp3) is 0.158. The van der Waals surface area contributed by atoms with Crippen LogP contribution in [0.3, 0.4) is 0 Å². The smallest absolute Gasteiger partial charge is 0.315 e. The minimum Gasteiger partial charge on any atom is -0.497 e. The Kier molecular flexibility index (Phi) is 5.73. The molecular formula is C19H19NO4. The number of methoxy groups -OCH3 is 1. The topological polar surface area (TPSA) is 64.6 Å². The van der Waals surface area contributed by atoms with Crippen molar-refractivity contribution in [1.82, 2.24) is 0 Å². The second kappa shape index (κ2) is 7.97. The van der Waals surface area contributed by atoms with Crippen LogP contribution in [0.5, 0.6) is 11.5 Å². The van der Waals surface area contributed by atoms with Gasteiger partial charge >= 0.3 is 5.97 Å². The Balaban J connectivity index is 1.91. The lowest BCUT2D eigenvalue weighted by atomic mass is 10.1. The summed E-state index contributed by atoms with van der Waals surface area (Å²) >= 11 is 0.